The minimum atomic E-state index is -5.06. The Morgan fingerprint density at radius 3 is 2.31 bits per heavy atom. The number of halogens is 6. The van der Waals surface area contributed by atoms with Crippen molar-refractivity contribution in [3.8, 4) is 5.75 Å². The molecule has 0 fully saturated rings. The maximum absolute atomic E-state index is 13.3. The molecular formula is C20H16F6N3O3+. The number of phenols is 1. The molecule has 0 aliphatic carbocycles. The first-order chi connectivity index (χ1) is 14.8. The number of alkyl halides is 6. The molecule has 0 saturated heterocycles. The summed E-state index contributed by atoms with van der Waals surface area (Å²) in [6.45, 7) is 2.76. The number of hydrogen-bond acceptors (Lipinski definition) is 5. The number of anilines is 1. The fourth-order valence-electron chi connectivity index (χ4n) is 3.07. The molecule has 0 spiro atoms. The fourth-order valence-corrected chi connectivity index (χ4v) is 3.07. The number of hydrogen-bond donors (Lipinski definition) is 4. The van der Waals surface area contributed by atoms with Crippen LogP contribution in [0.25, 0.3) is 10.9 Å². The predicted octanol–water partition coefficient (Wildman–Crippen LogP) is 4.86. The Morgan fingerprint density at radius 1 is 1.03 bits per heavy atom. The second-order valence-corrected chi connectivity index (χ2v) is 6.79. The summed E-state index contributed by atoms with van der Waals surface area (Å²) in [4.78, 5) is 3.16. The van der Waals surface area contributed by atoms with E-state index in [1.807, 2.05) is 0 Å². The lowest BCUT2D eigenvalue weighted by Gasteiger charge is -2.19. The Bertz CT molecular complexity index is 1180. The highest BCUT2D eigenvalue weighted by Gasteiger charge is 2.38. The van der Waals surface area contributed by atoms with Crippen molar-refractivity contribution in [2.24, 2.45) is 0 Å². The molecule has 170 valence electrons. The summed E-state index contributed by atoms with van der Waals surface area (Å²) in [5, 5.41) is 32.1. The molecule has 0 radical (unpaired) electrons. The summed E-state index contributed by atoms with van der Waals surface area (Å²) in [6, 6.07) is 6.96. The zero-order valence-corrected chi connectivity index (χ0v) is 16.0. The number of benzene rings is 2. The molecule has 1 unspecified atom stereocenters. The first-order valence-corrected chi connectivity index (χ1v) is 8.91. The van der Waals surface area contributed by atoms with E-state index in [1.165, 1.54) is 18.2 Å². The van der Waals surface area contributed by atoms with Gasteiger partial charge >= 0.3 is 12.4 Å². The number of rotatable bonds is 5. The van der Waals surface area contributed by atoms with E-state index in [9.17, 15) is 41.8 Å². The van der Waals surface area contributed by atoms with Gasteiger partial charge in [-0.05, 0) is 23.8 Å². The minimum Gasteiger partial charge on any atom is -0.506 e. The van der Waals surface area contributed by atoms with Crippen molar-refractivity contribution >= 4 is 29.0 Å². The molecule has 1 atom stereocenters. The molecule has 3 aromatic rings. The molecule has 0 saturated carbocycles. The maximum atomic E-state index is 13.3. The standard InChI is InChI=1S/C20H15F6N3O3/c1-29(32)10-5-6-15(30)14(7-10)27-9-16(31)12-8-17(20(24,25)26)28-18-11(12)3-2-4-13(18)19(21,22)23/h2-8,16,27,31H,1,9H2,(H-,30,32)/p+1. The van der Waals surface area contributed by atoms with Crippen LogP contribution in [0.5, 0.6) is 5.75 Å². The third-order valence-electron chi connectivity index (χ3n) is 4.59. The Hall–Kier alpha value is -3.54. The van der Waals surface area contributed by atoms with Gasteiger partial charge in [-0.1, -0.05) is 12.1 Å². The van der Waals surface area contributed by atoms with Crippen molar-refractivity contribution in [1.29, 1.82) is 0 Å². The van der Waals surface area contributed by atoms with Gasteiger partial charge in [0.25, 0.3) is 5.69 Å². The van der Waals surface area contributed by atoms with E-state index in [0.29, 0.717) is 16.9 Å². The van der Waals surface area contributed by atoms with Crippen molar-refractivity contribution in [2.45, 2.75) is 18.5 Å². The summed E-state index contributed by atoms with van der Waals surface area (Å²) < 4.78 is 80.4. The van der Waals surface area contributed by atoms with Gasteiger partial charge in [0.1, 0.15) is 11.4 Å². The molecule has 0 bridgehead atoms. The molecule has 3 rings (SSSR count). The number of phenolic OH excluding ortho intramolecular Hbond substituents is 1. The topological polar surface area (TPSA) is 88.6 Å². The monoisotopic (exact) mass is 460 g/mol. The molecule has 32 heavy (non-hydrogen) atoms. The first-order valence-electron chi connectivity index (χ1n) is 8.91. The lowest BCUT2D eigenvalue weighted by atomic mass is 9.99. The fraction of sp³-hybridized carbons (Fsp3) is 0.200. The van der Waals surface area contributed by atoms with Crippen molar-refractivity contribution < 1.29 is 46.5 Å². The summed E-state index contributed by atoms with van der Waals surface area (Å²) in [5.41, 5.74) is -4.20. The number of aromatic nitrogens is 1. The molecule has 0 amide bonds. The number of aliphatic hydroxyl groups is 1. The van der Waals surface area contributed by atoms with Gasteiger partial charge in [0.05, 0.1) is 22.9 Å². The number of aliphatic hydroxyl groups excluding tert-OH is 1. The summed E-state index contributed by atoms with van der Waals surface area (Å²) >= 11 is 0. The number of pyridine rings is 1. The number of nitrogens with zero attached hydrogens (tertiary/aromatic N) is 2. The zero-order chi connectivity index (χ0) is 23.8. The molecule has 12 heteroatoms. The maximum Gasteiger partial charge on any atom is 0.433 e. The zero-order valence-electron chi connectivity index (χ0n) is 16.0. The first kappa shape index (κ1) is 23.1. The van der Waals surface area contributed by atoms with Crippen LogP contribution in [0.2, 0.25) is 0 Å². The highest BCUT2D eigenvalue weighted by atomic mass is 19.4. The van der Waals surface area contributed by atoms with Gasteiger partial charge in [-0.2, -0.15) is 26.3 Å². The second kappa shape index (κ2) is 8.19. The van der Waals surface area contributed by atoms with Crippen molar-refractivity contribution in [1.82, 2.24) is 4.98 Å². The normalized spacial score (nSPS) is 13.2. The van der Waals surface area contributed by atoms with Crippen LogP contribution < -0.4 is 5.32 Å². The number of aromatic hydroxyl groups is 1. The van der Waals surface area contributed by atoms with Gasteiger partial charge in [0, 0.05) is 28.8 Å². The van der Waals surface area contributed by atoms with Crippen LogP contribution in [0.15, 0.2) is 42.5 Å². The number of fused-ring (bicyclic) bond motifs is 1. The smallest absolute Gasteiger partial charge is 0.433 e. The molecule has 0 aliphatic heterocycles. The molecule has 6 nitrogen and oxygen atoms in total. The van der Waals surface area contributed by atoms with Gasteiger partial charge in [-0.3, -0.25) is 5.21 Å². The average molecular weight is 460 g/mol. The third-order valence-corrected chi connectivity index (χ3v) is 4.59. The molecular weight excluding hydrogens is 444 g/mol. The Morgan fingerprint density at radius 2 is 1.72 bits per heavy atom. The average Bonchev–Trinajstić information content (AvgIpc) is 2.70. The number of para-hydroxylation sites is 1. The molecule has 1 heterocycles. The predicted molar refractivity (Wildman–Crippen MR) is 102 cm³/mol. The third kappa shape index (κ3) is 4.69. The van der Waals surface area contributed by atoms with Crippen LogP contribution in [0.3, 0.4) is 0 Å². The van der Waals surface area contributed by atoms with E-state index >= 15 is 0 Å². The van der Waals surface area contributed by atoms with Crippen molar-refractivity contribution in [3.05, 3.63) is 59.3 Å². The highest BCUT2D eigenvalue weighted by molar-refractivity contribution is 5.86. The van der Waals surface area contributed by atoms with E-state index in [2.05, 4.69) is 17.0 Å². The molecule has 4 N–H and O–H groups in total. The van der Waals surface area contributed by atoms with E-state index in [1.54, 1.807) is 0 Å². The lowest BCUT2D eigenvalue weighted by Crippen LogP contribution is -2.17. The molecule has 2 aromatic carbocycles. The van der Waals surface area contributed by atoms with Crippen LogP contribution >= 0.6 is 0 Å². The second-order valence-electron chi connectivity index (χ2n) is 6.79. The molecule has 0 aliphatic rings. The van der Waals surface area contributed by atoms with Gasteiger partial charge < -0.3 is 15.5 Å². The SMILES string of the molecule is C=[N+](O)c1ccc(O)c(NCC(O)c2cc(C(F)(F)F)nc3c(C(F)(F)F)cccc23)c1. The van der Waals surface area contributed by atoms with Crippen molar-refractivity contribution in [2.75, 3.05) is 11.9 Å². The van der Waals surface area contributed by atoms with Gasteiger partial charge in [-0.15, -0.1) is 0 Å². The van der Waals surface area contributed by atoms with Crippen LogP contribution in [0, 0.1) is 0 Å². The summed E-state index contributed by atoms with van der Waals surface area (Å²) in [7, 11) is 0. The van der Waals surface area contributed by atoms with Crippen LogP contribution in [0.1, 0.15) is 22.9 Å². The Kier molecular flexibility index (Phi) is 5.92. The summed E-state index contributed by atoms with van der Waals surface area (Å²) in [6.07, 6.45) is -11.7. The van der Waals surface area contributed by atoms with Gasteiger partial charge in [0.15, 0.2) is 6.72 Å². The van der Waals surface area contributed by atoms with Crippen molar-refractivity contribution in [3.63, 3.8) is 0 Å². The van der Waals surface area contributed by atoms with E-state index < -0.39 is 47.3 Å². The van der Waals surface area contributed by atoms with Gasteiger partial charge in [0.2, 0.25) is 0 Å². The van der Waals surface area contributed by atoms with E-state index in [4.69, 9.17) is 0 Å². The quantitative estimate of drug-likeness (QED) is 0.109. The van der Waals surface area contributed by atoms with Crippen LogP contribution in [0.4, 0.5) is 37.7 Å². The largest absolute Gasteiger partial charge is 0.506 e. The van der Waals surface area contributed by atoms with Crippen LogP contribution in [-0.2, 0) is 12.4 Å². The van der Waals surface area contributed by atoms with E-state index in [-0.39, 0.29) is 22.5 Å². The van der Waals surface area contributed by atoms with Gasteiger partial charge in [-0.25, -0.2) is 4.98 Å². The lowest BCUT2D eigenvalue weighted by molar-refractivity contribution is -0.706. The van der Waals surface area contributed by atoms with E-state index in [0.717, 1.165) is 12.1 Å². The van der Waals surface area contributed by atoms with Crippen LogP contribution in [-0.4, -0.2) is 38.4 Å². The Balaban J connectivity index is 2.06. The number of nitrogens with one attached hydrogen (secondary N) is 1. The Labute approximate surface area is 176 Å². The summed E-state index contributed by atoms with van der Waals surface area (Å²) in [5.74, 6) is -0.308. The highest BCUT2D eigenvalue weighted by Crippen LogP contribution is 2.39. The minimum absolute atomic E-state index is 0.00497. The molecule has 1 aromatic heterocycles.